The normalized spacial score (nSPS) is 20.0. The highest BCUT2D eigenvalue weighted by molar-refractivity contribution is 5.22. The summed E-state index contributed by atoms with van der Waals surface area (Å²) in [6.07, 6.45) is 13.6. The van der Waals surface area contributed by atoms with E-state index in [0.29, 0.717) is 6.04 Å². The minimum absolute atomic E-state index is 0.0725. The highest BCUT2D eigenvalue weighted by Crippen LogP contribution is 2.35. The number of pyridine rings is 1. The molecule has 6 nitrogen and oxygen atoms in total. The first kappa shape index (κ1) is 20.3. The molecular weight excluding hydrogens is 384 g/mol. The molecule has 6 heteroatoms. The molecule has 0 radical (unpaired) electrons. The van der Waals surface area contributed by atoms with E-state index in [1.165, 1.54) is 62.5 Å². The van der Waals surface area contributed by atoms with Crippen molar-refractivity contribution in [2.75, 3.05) is 13.1 Å². The van der Waals surface area contributed by atoms with Crippen molar-refractivity contribution in [3.8, 4) is 0 Å². The van der Waals surface area contributed by atoms with E-state index in [1.54, 1.807) is 0 Å². The molecule has 1 saturated heterocycles. The second kappa shape index (κ2) is 9.69. The number of hydrogen-bond donors (Lipinski definition) is 0. The minimum Gasteiger partial charge on any atom is -0.290 e. The first-order valence-corrected chi connectivity index (χ1v) is 11.8. The van der Waals surface area contributed by atoms with Gasteiger partial charge in [0.05, 0.1) is 12.1 Å². The van der Waals surface area contributed by atoms with Crippen LogP contribution in [0.15, 0.2) is 54.9 Å². The Morgan fingerprint density at radius 3 is 2.45 bits per heavy atom. The van der Waals surface area contributed by atoms with Crippen molar-refractivity contribution in [2.45, 2.75) is 63.5 Å². The van der Waals surface area contributed by atoms with Gasteiger partial charge in [0.15, 0.2) is 5.82 Å². The average Bonchev–Trinajstić information content (AvgIpc) is 3.32. The molecule has 0 N–H and O–H groups in total. The number of rotatable bonds is 6. The van der Waals surface area contributed by atoms with Gasteiger partial charge in [0.25, 0.3) is 0 Å². The van der Waals surface area contributed by atoms with Crippen molar-refractivity contribution in [3.63, 3.8) is 0 Å². The van der Waals surface area contributed by atoms with Crippen molar-refractivity contribution in [1.29, 1.82) is 0 Å². The fraction of sp³-hybridized carbons (Fsp3) is 0.520. The van der Waals surface area contributed by atoms with Crippen LogP contribution in [-0.2, 0) is 6.42 Å². The van der Waals surface area contributed by atoms with Gasteiger partial charge in [-0.3, -0.25) is 9.88 Å². The number of aromatic nitrogens is 5. The molecule has 3 heterocycles. The van der Waals surface area contributed by atoms with Crippen molar-refractivity contribution in [2.24, 2.45) is 5.92 Å². The van der Waals surface area contributed by atoms with Crippen LogP contribution in [0.3, 0.4) is 0 Å². The topological polar surface area (TPSA) is 59.7 Å². The van der Waals surface area contributed by atoms with E-state index in [-0.39, 0.29) is 6.04 Å². The Morgan fingerprint density at radius 2 is 1.71 bits per heavy atom. The quantitative estimate of drug-likeness (QED) is 0.587. The molecule has 1 aliphatic carbocycles. The molecule has 1 aliphatic heterocycles. The molecule has 5 rings (SSSR count). The third kappa shape index (κ3) is 4.69. The first-order chi connectivity index (χ1) is 15.4. The van der Waals surface area contributed by atoms with E-state index in [4.69, 9.17) is 0 Å². The zero-order valence-electron chi connectivity index (χ0n) is 18.2. The molecule has 0 spiro atoms. The largest absolute Gasteiger partial charge is 0.290 e. The molecule has 0 bridgehead atoms. The van der Waals surface area contributed by atoms with Crippen molar-refractivity contribution in [1.82, 2.24) is 30.1 Å². The monoisotopic (exact) mass is 416 g/mol. The van der Waals surface area contributed by atoms with Gasteiger partial charge < -0.3 is 0 Å². The third-order valence-electron chi connectivity index (χ3n) is 7.07. The number of nitrogens with zero attached hydrogens (tertiary/aromatic N) is 6. The van der Waals surface area contributed by atoms with E-state index in [0.717, 1.165) is 24.8 Å². The van der Waals surface area contributed by atoms with Crippen LogP contribution in [0, 0.1) is 5.92 Å². The summed E-state index contributed by atoms with van der Waals surface area (Å²) in [4.78, 5) is 6.99. The predicted molar refractivity (Wildman–Crippen MR) is 120 cm³/mol. The van der Waals surface area contributed by atoms with Crippen LogP contribution in [0.2, 0.25) is 0 Å². The van der Waals surface area contributed by atoms with Crippen LogP contribution >= 0.6 is 0 Å². The molecule has 2 fully saturated rings. The average molecular weight is 417 g/mol. The summed E-state index contributed by atoms with van der Waals surface area (Å²) in [5.74, 6) is 1.73. The Hall–Kier alpha value is -2.60. The van der Waals surface area contributed by atoms with Gasteiger partial charge >= 0.3 is 0 Å². The Balaban J connectivity index is 1.36. The number of tetrazole rings is 1. The van der Waals surface area contributed by atoms with Gasteiger partial charge in [-0.25, -0.2) is 4.68 Å². The maximum atomic E-state index is 4.56. The maximum absolute atomic E-state index is 4.56. The van der Waals surface area contributed by atoms with Gasteiger partial charge in [-0.05, 0) is 78.7 Å². The number of likely N-dealkylation sites (tertiary alicyclic amines) is 1. The number of piperidine rings is 1. The van der Waals surface area contributed by atoms with Crippen LogP contribution in [0.5, 0.6) is 0 Å². The van der Waals surface area contributed by atoms with Crippen LogP contribution < -0.4 is 0 Å². The predicted octanol–water partition coefficient (Wildman–Crippen LogP) is 4.62. The summed E-state index contributed by atoms with van der Waals surface area (Å²) < 4.78 is 2.13. The summed E-state index contributed by atoms with van der Waals surface area (Å²) in [5.41, 5.74) is 2.64. The summed E-state index contributed by atoms with van der Waals surface area (Å²) >= 11 is 0. The molecule has 0 amide bonds. The SMILES string of the molecule is c1ccc(CC2CCN([C@@H](c3cccnc3)c3nnnn3C3CCCCC3)CC2)cc1. The Labute approximate surface area is 184 Å². The second-order valence-corrected chi connectivity index (χ2v) is 9.13. The van der Waals surface area contributed by atoms with E-state index in [2.05, 4.69) is 66.5 Å². The van der Waals surface area contributed by atoms with Gasteiger partial charge in [0.2, 0.25) is 0 Å². The lowest BCUT2D eigenvalue weighted by molar-refractivity contribution is 0.140. The van der Waals surface area contributed by atoms with Crippen LogP contribution in [0.4, 0.5) is 0 Å². The summed E-state index contributed by atoms with van der Waals surface area (Å²) in [6.45, 7) is 2.13. The molecule has 31 heavy (non-hydrogen) atoms. The second-order valence-electron chi connectivity index (χ2n) is 9.13. The van der Waals surface area contributed by atoms with Gasteiger partial charge in [-0.15, -0.1) is 5.10 Å². The number of hydrogen-bond acceptors (Lipinski definition) is 5. The highest BCUT2D eigenvalue weighted by Gasteiger charge is 2.33. The lowest BCUT2D eigenvalue weighted by Crippen LogP contribution is -2.39. The van der Waals surface area contributed by atoms with Gasteiger partial charge in [-0.1, -0.05) is 55.7 Å². The minimum atomic E-state index is 0.0725. The molecule has 3 aromatic rings. The molecule has 0 unspecified atom stereocenters. The molecule has 162 valence electrons. The van der Waals surface area contributed by atoms with Crippen molar-refractivity contribution < 1.29 is 0 Å². The lowest BCUT2D eigenvalue weighted by Gasteiger charge is -2.37. The third-order valence-corrected chi connectivity index (χ3v) is 7.07. The summed E-state index contributed by atoms with van der Waals surface area (Å²) in [5, 5.41) is 13.1. The summed E-state index contributed by atoms with van der Waals surface area (Å²) in [6, 6.07) is 15.6. The Bertz CT molecular complexity index is 927. The summed E-state index contributed by atoms with van der Waals surface area (Å²) in [7, 11) is 0. The standard InChI is InChI=1S/C25H32N6/c1-3-8-20(9-4-1)18-21-13-16-30(17-14-21)24(22-10-7-15-26-19-22)25-27-28-29-31(25)23-11-5-2-6-12-23/h1,3-4,7-10,15,19,21,23-24H,2,5-6,11-14,16-18H2/t24-/m0/s1. The van der Waals surface area contributed by atoms with E-state index in [1.807, 2.05) is 18.5 Å². The fourth-order valence-electron chi connectivity index (χ4n) is 5.39. The van der Waals surface area contributed by atoms with E-state index in [9.17, 15) is 0 Å². The zero-order valence-corrected chi connectivity index (χ0v) is 18.2. The van der Waals surface area contributed by atoms with E-state index < -0.39 is 0 Å². The molecule has 2 aromatic heterocycles. The zero-order chi connectivity index (χ0) is 20.9. The molecule has 1 saturated carbocycles. The Kier molecular flexibility index (Phi) is 6.35. The van der Waals surface area contributed by atoms with Crippen LogP contribution in [-0.4, -0.2) is 43.2 Å². The van der Waals surface area contributed by atoms with Gasteiger partial charge in [0.1, 0.15) is 0 Å². The smallest absolute Gasteiger partial charge is 0.173 e. The van der Waals surface area contributed by atoms with E-state index >= 15 is 0 Å². The molecule has 1 aromatic carbocycles. The van der Waals surface area contributed by atoms with Crippen LogP contribution in [0.25, 0.3) is 0 Å². The molecule has 1 atom stereocenters. The van der Waals surface area contributed by atoms with Crippen LogP contribution in [0.1, 0.15) is 74.0 Å². The number of benzene rings is 1. The lowest BCUT2D eigenvalue weighted by atomic mass is 9.89. The maximum Gasteiger partial charge on any atom is 0.173 e. The first-order valence-electron chi connectivity index (χ1n) is 11.8. The van der Waals surface area contributed by atoms with Crippen molar-refractivity contribution >= 4 is 0 Å². The molecular formula is C25H32N6. The molecule has 2 aliphatic rings. The Morgan fingerprint density at radius 1 is 0.903 bits per heavy atom. The van der Waals surface area contributed by atoms with Crippen molar-refractivity contribution in [3.05, 3.63) is 71.8 Å². The highest BCUT2D eigenvalue weighted by atomic mass is 15.6. The van der Waals surface area contributed by atoms with Gasteiger partial charge in [-0.2, -0.15) is 0 Å². The fourth-order valence-corrected chi connectivity index (χ4v) is 5.39. The van der Waals surface area contributed by atoms with Gasteiger partial charge in [0, 0.05) is 12.4 Å².